The van der Waals surface area contributed by atoms with Crippen LogP contribution in [0.4, 0.5) is 0 Å². The summed E-state index contributed by atoms with van der Waals surface area (Å²) in [5.74, 6) is 2.06. The second kappa shape index (κ2) is 13.9. The Balaban J connectivity index is 1.43. The van der Waals surface area contributed by atoms with E-state index in [-0.39, 0.29) is 12.2 Å². The van der Waals surface area contributed by atoms with Crippen molar-refractivity contribution in [3.8, 4) is 23.0 Å². The Morgan fingerprint density at radius 2 is 1.60 bits per heavy atom. The lowest BCUT2D eigenvalue weighted by molar-refractivity contribution is -0.139. The highest BCUT2D eigenvalue weighted by atomic mass is 32.1. The van der Waals surface area contributed by atoms with Crippen molar-refractivity contribution in [2.75, 3.05) is 34.0 Å². The number of nitrogens with zero attached hydrogens (tertiary/aromatic N) is 2. The van der Waals surface area contributed by atoms with Crippen LogP contribution in [0.25, 0.3) is 6.08 Å². The van der Waals surface area contributed by atoms with Gasteiger partial charge in [-0.2, -0.15) is 0 Å². The predicted octanol–water partition coefficient (Wildman–Crippen LogP) is 4.89. The molecule has 1 aromatic heterocycles. The average Bonchev–Trinajstić information content (AvgIpc) is 3.32. The van der Waals surface area contributed by atoms with E-state index in [4.69, 9.17) is 23.7 Å². The molecule has 45 heavy (non-hydrogen) atoms. The summed E-state index contributed by atoms with van der Waals surface area (Å²) in [5.41, 5.74) is 4.33. The number of ether oxygens (including phenoxy) is 5. The van der Waals surface area contributed by atoms with Crippen LogP contribution in [0.5, 0.6) is 23.0 Å². The van der Waals surface area contributed by atoms with E-state index in [1.54, 1.807) is 50.8 Å². The number of esters is 1. The minimum absolute atomic E-state index is 0.205. The molecule has 0 bridgehead atoms. The van der Waals surface area contributed by atoms with Gasteiger partial charge in [-0.15, -0.1) is 0 Å². The molecule has 3 aromatic carbocycles. The average molecular weight is 629 g/mol. The molecule has 4 aromatic rings. The molecule has 9 nitrogen and oxygen atoms in total. The van der Waals surface area contributed by atoms with Crippen LogP contribution >= 0.6 is 11.3 Å². The summed E-state index contributed by atoms with van der Waals surface area (Å²) in [5, 5.41) is 0. The molecular weight excluding hydrogens is 592 g/mol. The van der Waals surface area contributed by atoms with Gasteiger partial charge in [0.15, 0.2) is 16.3 Å². The van der Waals surface area contributed by atoms with E-state index in [1.807, 2.05) is 56.3 Å². The molecule has 0 N–H and O–H groups in total. The van der Waals surface area contributed by atoms with E-state index in [0.29, 0.717) is 51.1 Å². The molecule has 1 aliphatic heterocycles. The summed E-state index contributed by atoms with van der Waals surface area (Å²) in [7, 11) is 3.15. The van der Waals surface area contributed by atoms with Crippen molar-refractivity contribution < 1.29 is 28.5 Å². The highest BCUT2D eigenvalue weighted by Gasteiger charge is 2.33. The zero-order valence-corrected chi connectivity index (χ0v) is 27.0. The predicted molar refractivity (Wildman–Crippen MR) is 173 cm³/mol. The van der Waals surface area contributed by atoms with Gasteiger partial charge >= 0.3 is 5.97 Å². The van der Waals surface area contributed by atoms with Crippen molar-refractivity contribution in [1.82, 2.24) is 4.57 Å². The number of aryl methyl sites for hydroxylation is 2. The van der Waals surface area contributed by atoms with Crippen LogP contribution in [0.15, 0.2) is 81.7 Å². The van der Waals surface area contributed by atoms with Crippen LogP contribution in [0.1, 0.15) is 42.1 Å². The number of thiazole rings is 1. The van der Waals surface area contributed by atoms with E-state index >= 15 is 0 Å². The number of aromatic nitrogens is 1. The molecule has 0 amide bonds. The van der Waals surface area contributed by atoms with Crippen molar-refractivity contribution in [2.45, 2.75) is 33.7 Å². The lowest BCUT2D eigenvalue weighted by Crippen LogP contribution is -2.39. The van der Waals surface area contributed by atoms with E-state index < -0.39 is 12.0 Å². The first kappa shape index (κ1) is 31.6. The molecule has 0 saturated heterocycles. The lowest BCUT2D eigenvalue weighted by atomic mass is 9.96. The fourth-order valence-electron chi connectivity index (χ4n) is 5.27. The molecule has 1 atom stereocenters. The Hall–Kier alpha value is -4.83. The summed E-state index contributed by atoms with van der Waals surface area (Å²) >= 11 is 1.26. The normalized spacial score (nSPS) is 14.4. The Morgan fingerprint density at radius 3 is 2.27 bits per heavy atom. The molecule has 0 radical (unpaired) electrons. The van der Waals surface area contributed by atoms with E-state index in [9.17, 15) is 9.59 Å². The first-order valence-electron chi connectivity index (χ1n) is 14.6. The summed E-state index contributed by atoms with van der Waals surface area (Å²) in [6, 6.07) is 18.1. The molecule has 0 saturated carbocycles. The number of allylic oxidation sites excluding steroid dienone is 1. The zero-order chi connectivity index (χ0) is 32.1. The number of methoxy groups -OCH3 is 2. The van der Waals surface area contributed by atoms with E-state index in [0.717, 1.165) is 28.0 Å². The fourth-order valence-corrected chi connectivity index (χ4v) is 6.31. The van der Waals surface area contributed by atoms with Gasteiger partial charge in [0.2, 0.25) is 0 Å². The minimum atomic E-state index is -0.704. The molecule has 0 fully saturated rings. The standard InChI is InChI=1S/C35H36N2O7S/c1-7-42-34(39)31-23(4)36-35-37(32(31)25-9-11-26(40-5)12-10-25)33(38)30(45-35)20-24-8-13-28(29(19-24)41-6)44-15-14-43-27-17-21(2)16-22(3)18-27/h8-13,16-20,32H,7,14-15H2,1-6H3/b30-20+/t32-/m1/s1. The third kappa shape index (κ3) is 6.96. The molecule has 2 heterocycles. The molecule has 0 spiro atoms. The van der Waals surface area contributed by atoms with Crippen molar-refractivity contribution in [3.63, 3.8) is 0 Å². The van der Waals surface area contributed by atoms with E-state index in [1.165, 1.54) is 11.3 Å². The Morgan fingerprint density at radius 1 is 0.889 bits per heavy atom. The molecule has 5 rings (SSSR count). The van der Waals surface area contributed by atoms with Gasteiger partial charge in [-0.3, -0.25) is 9.36 Å². The van der Waals surface area contributed by atoms with Crippen LogP contribution in [0.3, 0.4) is 0 Å². The number of rotatable bonds is 11. The van der Waals surface area contributed by atoms with Gasteiger partial charge in [0, 0.05) is 0 Å². The highest BCUT2D eigenvalue weighted by Crippen LogP contribution is 2.32. The van der Waals surface area contributed by atoms with Crippen molar-refractivity contribution in [1.29, 1.82) is 0 Å². The summed E-state index contributed by atoms with van der Waals surface area (Å²) in [4.78, 5) is 32.2. The number of carbonyl (C=O) groups is 1. The first-order valence-corrected chi connectivity index (χ1v) is 15.4. The lowest BCUT2D eigenvalue weighted by Gasteiger charge is -2.24. The summed E-state index contributed by atoms with van der Waals surface area (Å²) < 4.78 is 30.1. The second-order valence-corrected chi connectivity index (χ2v) is 11.5. The molecule has 234 valence electrons. The van der Waals surface area contributed by atoms with Gasteiger partial charge in [0.1, 0.15) is 24.7 Å². The smallest absolute Gasteiger partial charge is 0.338 e. The number of fused-ring (bicyclic) bond motifs is 1. The Bertz CT molecular complexity index is 1900. The van der Waals surface area contributed by atoms with Crippen LogP contribution in [-0.4, -0.2) is 44.6 Å². The quantitative estimate of drug-likeness (QED) is 0.172. The first-order chi connectivity index (χ1) is 21.7. The van der Waals surface area contributed by atoms with Crippen LogP contribution in [0.2, 0.25) is 0 Å². The number of hydrogen-bond donors (Lipinski definition) is 0. The Labute approximate surface area is 265 Å². The van der Waals surface area contributed by atoms with Gasteiger partial charge in [0.05, 0.1) is 42.7 Å². The molecule has 10 heteroatoms. The molecule has 0 unspecified atom stereocenters. The maximum absolute atomic E-state index is 13.9. The maximum Gasteiger partial charge on any atom is 0.338 e. The monoisotopic (exact) mass is 628 g/mol. The van der Waals surface area contributed by atoms with Crippen molar-refractivity contribution in [3.05, 3.63) is 114 Å². The Kier molecular flexibility index (Phi) is 9.73. The van der Waals surface area contributed by atoms with Crippen LogP contribution in [-0.2, 0) is 9.53 Å². The SMILES string of the molecule is CCOC(=O)C1=C(C)N=c2s/c(=C/c3ccc(OCCOc4cc(C)cc(C)c4)c(OC)c3)c(=O)n2[C@@H]1c1ccc(OC)cc1. The number of hydrogen-bond acceptors (Lipinski definition) is 9. The van der Waals surface area contributed by atoms with Crippen LogP contribution in [0, 0.1) is 13.8 Å². The van der Waals surface area contributed by atoms with Gasteiger partial charge < -0.3 is 23.7 Å². The van der Waals surface area contributed by atoms with Gasteiger partial charge in [-0.05, 0) is 92.4 Å². The minimum Gasteiger partial charge on any atom is -0.497 e. The van der Waals surface area contributed by atoms with Crippen molar-refractivity contribution >= 4 is 23.4 Å². The largest absolute Gasteiger partial charge is 0.497 e. The van der Waals surface area contributed by atoms with Crippen molar-refractivity contribution in [2.24, 2.45) is 4.99 Å². The topological polar surface area (TPSA) is 97.6 Å². The second-order valence-electron chi connectivity index (χ2n) is 10.5. The van der Waals surface area contributed by atoms with Gasteiger partial charge in [-0.25, -0.2) is 9.79 Å². The third-order valence-electron chi connectivity index (χ3n) is 7.24. The number of benzene rings is 3. The highest BCUT2D eigenvalue weighted by molar-refractivity contribution is 7.07. The van der Waals surface area contributed by atoms with Gasteiger partial charge in [0.25, 0.3) is 5.56 Å². The summed E-state index contributed by atoms with van der Waals surface area (Å²) in [6.07, 6.45) is 1.79. The van der Waals surface area contributed by atoms with Crippen LogP contribution < -0.4 is 33.8 Å². The third-order valence-corrected chi connectivity index (χ3v) is 8.22. The number of carbonyl (C=O) groups excluding carboxylic acids is 1. The zero-order valence-electron chi connectivity index (χ0n) is 26.2. The molecular formula is C35H36N2O7S. The maximum atomic E-state index is 13.9. The fraction of sp³-hybridized carbons (Fsp3) is 0.286. The molecule has 0 aliphatic carbocycles. The summed E-state index contributed by atoms with van der Waals surface area (Å²) in [6.45, 7) is 8.48. The van der Waals surface area contributed by atoms with E-state index in [2.05, 4.69) is 11.1 Å². The van der Waals surface area contributed by atoms with Gasteiger partial charge in [-0.1, -0.05) is 35.6 Å². The molecule has 1 aliphatic rings.